The third kappa shape index (κ3) is 4.56. The van der Waals surface area contributed by atoms with Crippen LogP contribution in [0, 0.1) is 5.92 Å². The summed E-state index contributed by atoms with van der Waals surface area (Å²) in [5.41, 5.74) is 3.07. The highest BCUT2D eigenvalue weighted by Crippen LogP contribution is 2.28. The fourth-order valence-electron chi connectivity index (χ4n) is 4.09. The lowest BCUT2D eigenvalue weighted by Gasteiger charge is -2.27. The van der Waals surface area contributed by atoms with Gasteiger partial charge in [0, 0.05) is 23.9 Å². The van der Waals surface area contributed by atoms with E-state index in [1.807, 2.05) is 59.5 Å². The van der Waals surface area contributed by atoms with Gasteiger partial charge in [-0.2, -0.15) is 0 Å². The highest BCUT2D eigenvalue weighted by Gasteiger charge is 2.31. The van der Waals surface area contributed by atoms with Crippen molar-refractivity contribution in [3.8, 4) is 0 Å². The first-order valence-electron chi connectivity index (χ1n) is 10.0. The van der Waals surface area contributed by atoms with E-state index in [1.165, 1.54) is 0 Å². The van der Waals surface area contributed by atoms with Crippen LogP contribution in [0.25, 0.3) is 0 Å². The Balaban J connectivity index is 1.45. The van der Waals surface area contributed by atoms with Gasteiger partial charge < -0.3 is 9.74 Å². The molecule has 0 aromatic heterocycles. The number of hydrogen-bond donors (Lipinski definition) is 0. The van der Waals surface area contributed by atoms with E-state index in [0.29, 0.717) is 24.5 Å². The number of nitrogens with zero attached hydrogens (tertiary/aromatic N) is 2. The van der Waals surface area contributed by atoms with E-state index >= 15 is 0 Å². The molecule has 0 saturated heterocycles. The lowest BCUT2D eigenvalue weighted by atomic mass is 10.0. The Hall–Kier alpha value is -2.33. The van der Waals surface area contributed by atoms with Crippen LogP contribution < -0.4 is 0 Å². The highest BCUT2D eigenvalue weighted by atomic mass is 35.5. The van der Waals surface area contributed by atoms with E-state index in [0.717, 1.165) is 42.5 Å². The highest BCUT2D eigenvalue weighted by molar-refractivity contribution is 6.30. The van der Waals surface area contributed by atoms with Gasteiger partial charge in [0.15, 0.2) is 6.10 Å². The van der Waals surface area contributed by atoms with Gasteiger partial charge in [-0.15, -0.1) is 0 Å². The average molecular weight is 397 g/mol. The minimum Gasteiger partial charge on any atom is -0.390 e. The second kappa shape index (κ2) is 8.78. The number of rotatable bonds is 6. The van der Waals surface area contributed by atoms with Gasteiger partial charge in [-0.25, -0.2) is 0 Å². The van der Waals surface area contributed by atoms with Crippen LogP contribution in [-0.4, -0.2) is 29.2 Å². The van der Waals surface area contributed by atoms with Crippen LogP contribution in [0.5, 0.6) is 0 Å². The molecule has 0 bridgehead atoms. The fraction of sp³-hybridized carbons (Fsp3) is 0.391. The molecule has 1 aliphatic heterocycles. The van der Waals surface area contributed by atoms with Crippen molar-refractivity contribution in [2.45, 2.75) is 44.8 Å². The van der Waals surface area contributed by atoms with Gasteiger partial charge in [-0.3, -0.25) is 4.79 Å². The van der Waals surface area contributed by atoms with Crippen molar-refractivity contribution in [1.29, 1.82) is 0 Å². The maximum Gasteiger partial charge on any atom is 0.226 e. The monoisotopic (exact) mass is 396 g/mol. The van der Waals surface area contributed by atoms with Crippen LogP contribution in [0.2, 0.25) is 5.02 Å². The number of carbonyl (C=O) groups is 1. The standard InChI is InChI=1S/C23H25ClN2O2/c24-20-12-6-7-17(13-20)15-26(23(27)19-10-4-5-11-19)16-21-14-22(25-28-21)18-8-2-1-3-9-18/h1-3,6-9,12-13,19,21H,4-5,10-11,14-16H2/t21-/m1/s1. The minimum atomic E-state index is -0.111. The molecule has 2 aliphatic rings. The summed E-state index contributed by atoms with van der Waals surface area (Å²) >= 11 is 6.15. The van der Waals surface area contributed by atoms with E-state index in [-0.39, 0.29) is 17.9 Å². The van der Waals surface area contributed by atoms with Crippen LogP contribution in [0.1, 0.15) is 43.2 Å². The summed E-state index contributed by atoms with van der Waals surface area (Å²) in [7, 11) is 0. The molecule has 1 heterocycles. The first-order chi connectivity index (χ1) is 13.7. The van der Waals surface area contributed by atoms with Crippen molar-refractivity contribution in [1.82, 2.24) is 4.90 Å². The molecule has 0 unspecified atom stereocenters. The van der Waals surface area contributed by atoms with Crippen molar-refractivity contribution in [2.24, 2.45) is 11.1 Å². The number of oxime groups is 1. The van der Waals surface area contributed by atoms with Crippen molar-refractivity contribution >= 4 is 23.2 Å². The van der Waals surface area contributed by atoms with Gasteiger partial charge in [0.2, 0.25) is 5.91 Å². The van der Waals surface area contributed by atoms with Crippen LogP contribution in [0.4, 0.5) is 0 Å². The SMILES string of the molecule is O=C(C1CCCC1)N(Cc1cccc(Cl)c1)C[C@H]1CC(c2ccccc2)=NO1. The summed E-state index contributed by atoms with van der Waals surface area (Å²) in [5.74, 6) is 0.365. The molecule has 2 aromatic rings. The molecule has 1 fully saturated rings. The van der Waals surface area contributed by atoms with Gasteiger partial charge in [0.25, 0.3) is 0 Å². The van der Waals surface area contributed by atoms with Crippen molar-refractivity contribution in [3.63, 3.8) is 0 Å². The van der Waals surface area contributed by atoms with E-state index < -0.39 is 0 Å². The van der Waals surface area contributed by atoms with Crippen LogP contribution in [0.15, 0.2) is 59.8 Å². The molecule has 4 nitrogen and oxygen atoms in total. The summed E-state index contributed by atoms with van der Waals surface area (Å²) in [6, 6.07) is 17.8. The molecule has 28 heavy (non-hydrogen) atoms. The normalized spacial score (nSPS) is 19.3. The Labute approximate surface area is 171 Å². The number of halogens is 1. The topological polar surface area (TPSA) is 41.9 Å². The second-order valence-corrected chi connectivity index (χ2v) is 8.10. The van der Waals surface area contributed by atoms with Crippen molar-refractivity contribution < 1.29 is 9.63 Å². The van der Waals surface area contributed by atoms with Gasteiger partial charge >= 0.3 is 0 Å². The Kier molecular flexibility index (Phi) is 5.96. The quantitative estimate of drug-likeness (QED) is 0.685. The lowest BCUT2D eigenvalue weighted by Crippen LogP contribution is -2.40. The molecule has 0 spiro atoms. The number of carbonyl (C=O) groups excluding carboxylic acids is 1. The van der Waals surface area contributed by atoms with E-state index in [4.69, 9.17) is 16.4 Å². The third-order valence-electron chi connectivity index (χ3n) is 5.54. The Bertz CT molecular complexity index is 847. The molecular weight excluding hydrogens is 372 g/mol. The van der Waals surface area contributed by atoms with E-state index in [2.05, 4.69) is 5.16 Å². The fourth-order valence-corrected chi connectivity index (χ4v) is 4.31. The lowest BCUT2D eigenvalue weighted by molar-refractivity contribution is -0.137. The number of amides is 1. The molecule has 0 N–H and O–H groups in total. The van der Waals surface area contributed by atoms with Crippen molar-refractivity contribution in [2.75, 3.05) is 6.54 Å². The Morgan fingerprint density at radius 3 is 2.64 bits per heavy atom. The first kappa shape index (κ1) is 19.0. The predicted molar refractivity (Wildman–Crippen MR) is 111 cm³/mol. The molecule has 146 valence electrons. The number of benzene rings is 2. The predicted octanol–water partition coefficient (Wildman–Crippen LogP) is 5.05. The van der Waals surface area contributed by atoms with Gasteiger partial charge in [-0.05, 0) is 36.1 Å². The van der Waals surface area contributed by atoms with Gasteiger partial charge in [0.1, 0.15) is 0 Å². The third-order valence-corrected chi connectivity index (χ3v) is 5.78. The molecule has 4 rings (SSSR count). The Morgan fingerprint density at radius 2 is 1.89 bits per heavy atom. The zero-order valence-corrected chi connectivity index (χ0v) is 16.6. The molecule has 1 atom stereocenters. The second-order valence-electron chi connectivity index (χ2n) is 7.67. The van der Waals surface area contributed by atoms with Crippen LogP contribution in [-0.2, 0) is 16.2 Å². The van der Waals surface area contributed by atoms with Gasteiger partial charge in [-0.1, -0.05) is 72.1 Å². The molecule has 1 amide bonds. The molecule has 1 aliphatic carbocycles. The minimum absolute atomic E-state index is 0.111. The zero-order chi connectivity index (χ0) is 19.3. The zero-order valence-electron chi connectivity index (χ0n) is 15.9. The molecular formula is C23H25ClN2O2. The number of hydrogen-bond acceptors (Lipinski definition) is 3. The molecule has 2 aromatic carbocycles. The summed E-state index contributed by atoms with van der Waals surface area (Å²) in [5, 5.41) is 4.97. The molecule has 5 heteroatoms. The summed E-state index contributed by atoms with van der Waals surface area (Å²) in [6.07, 6.45) is 4.86. The summed E-state index contributed by atoms with van der Waals surface area (Å²) in [4.78, 5) is 20.8. The average Bonchev–Trinajstić information content (AvgIpc) is 3.40. The van der Waals surface area contributed by atoms with Crippen molar-refractivity contribution in [3.05, 3.63) is 70.7 Å². The smallest absolute Gasteiger partial charge is 0.226 e. The summed E-state index contributed by atoms with van der Waals surface area (Å²) < 4.78 is 0. The molecule has 1 saturated carbocycles. The largest absolute Gasteiger partial charge is 0.390 e. The van der Waals surface area contributed by atoms with Crippen LogP contribution >= 0.6 is 11.6 Å². The van der Waals surface area contributed by atoms with E-state index in [1.54, 1.807) is 0 Å². The summed E-state index contributed by atoms with van der Waals surface area (Å²) in [6.45, 7) is 1.10. The Morgan fingerprint density at radius 1 is 1.11 bits per heavy atom. The van der Waals surface area contributed by atoms with Crippen LogP contribution in [0.3, 0.4) is 0 Å². The maximum absolute atomic E-state index is 13.2. The maximum atomic E-state index is 13.2. The molecule has 0 radical (unpaired) electrons. The van der Waals surface area contributed by atoms with Gasteiger partial charge in [0.05, 0.1) is 12.3 Å². The van der Waals surface area contributed by atoms with E-state index in [9.17, 15) is 4.79 Å². The first-order valence-corrected chi connectivity index (χ1v) is 10.4.